The van der Waals surface area contributed by atoms with Gasteiger partial charge in [0.1, 0.15) is 24.7 Å². The minimum absolute atomic E-state index is 0.0620. The number of likely N-dealkylation sites (N-methyl/N-ethyl adjacent to an activating group) is 2. The van der Waals surface area contributed by atoms with E-state index in [0.717, 1.165) is 0 Å². The first kappa shape index (κ1) is 62.7. The summed E-state index contributed by atoms with van der Waals surface area (Å²) in [5.41, 5.74) is 7.65. The third-order valence-electron chi connectivity index (χ3n) is 14.4. The van der Waals surface area contributed by atoms with Gasteiger partial charge in [-0.25, -0.2) is 4.79 Å². The average Bonchev–Trinajstić information content (AvgIpc) is 3.86. The molecule has 0 bridgehead atoms. The molecule has 0 spiro atoms. The van der Waals surface area contributed by atoms with E-state index in [2.05, 4.69) is 21.3 Å². The highest BCUT2D eigenvalue weighted by molar-refractivity contribution is 5.97. The zero-order chi connectivity index (χ0) is 55.7. The number of carbonyl (C=O) groups is 7. The van der Waals surface area contributed by atoms with Crippen LogP contribution in [0.1, 0.15) is 119 Å². The number of aliphatic hydroxyl groups excluding tert-OH is 1. The SMILES string of the molecule is CC[C@H](C)[C@@H]([C@@H](CC(=O)N1CCC[C@H]1[C@H](OC)[C@@H](C)C(=O)N[C@H](C)[C@@H](O)c1ccccc1)OC)N(C)C(=O)[C@@H](NC(=O)[C@H](C(C)C)N(C)C(=O)OCc1ccc(NC(=O)[C@H](C)NC(=O)[C@@H](N)C(C)C)cc1)C(C)C. The molecule has 3 rings (SSSR count). The molecule has 0 aliphatic carbocycles. The number of aliphatic hydroxyl groups is 1. The summed E-state index contributed by atoms with van der Waals surface area (Å²) in [6.45, 7) is 20.2. The third kappa shape index (κ3) is 16.9. The Morgan fingerprint density at radius 2 is 1.38 bits per heavy atom. The van der Waals surface area contributed by atoms with E-state index >= 15 is 0 Å². The molecule has 2 aromatic carbocycles. The number of rotatable bonds is 27. The smallest absolute Gasteiger partial charge is 0.410 e. The summed E-state index contributed by atoms with van der Waals surface area (Å²) in [5.74, 6) is -3.98. The van der Waals surface area contributed by atoms with E-state index in [1.165, 1.54) is 26.2 Å². The van der Waals surface area contributed by atoms with Gasteiger partial charge in [0.15, 0.2) is 0 Å². The number of nitrogens with two attached hydrogens (primary N) is 1. The highest BCUT2D eigenvalue weighted by Gasteiger charge is 2.44. The molecule has 1 aliphatic rings. The molecule has 1 fully saturated rings. The van der Waals surface area contributed by atoms with Crippen LogP contribution in [-0.2, 0) is 49.6 Å². The zero-order valence-corrected chi connectivity index (χ0v) is 46.5. The van der Waals surface area contributed by atoms with Crippen LogP contribution in [0.5, 0.6) is 0 Å². The first-order valence-electron chi connectivity index (χ1n) is 26.1. The van der Waals surface area contributed by atoms with Gasteiger partial charge in [-0.15, -0.1) is 0 Å². The van der Waals surface area contributed by atoms with E-state index in [1.807, 2.05) is 59.7 Å². The maximum absolute atomic E-state index is 14.7. The second-order valence-corrected chi connectivity index (χ2v) is 21.0. The monoisotopic (exact) mass is 1040 g/mol. The molecule has 2 aromatic rings. The molecule has 19 nitrogen and oxygen atoms in total. The lowest BCUT2D eigenvalue weighted by molar-refractivity contribution is -0.148. The molecule has 12 atom stereocenters. The number of hydrogen-bond donors (Lipinski definition) is 6. The Hall–Kier alpha value is -5.63. The van der Waals surface area contributed by atoms with Crippen LogP contribution in [0, 0.1) is 29.6 Å². The molecule has 0 aromatic heterocycles. The maximum Gasteiger partial charge on any atom is 0.410 e. The van der Waals surface area contributed by atoms with E-state index in [4.69, 9.17) is 19.9 Å². The van der Waals surface area contributed by atoms with Gasteiger partial charge in [0, 0.05) is 40.5 Å². The molecule has 0 radical (unpaired) electrons. The van der Waals surface area contributed by atoms with Crippen molar-refractivity contribution in [3.8, 4) is 0 Å². The highest BCUT2D eigenvalue weighted by atomic mass is 16.6. The Balaban J connectivity index is 1.69. The first-order valence-corrected chi connectivity index (χ1v) is 26.1. The average molecular weight is 1040 g/mol. The van der Waals surface area contributed by atoms with Crippen molar-refractivity contribution in [2.75, 3.05) is 40.2 Å². The van der Waals surface area contributed by atoms with E-state index in [0.29, 0.717) is 42.6 Å². The Bertz CT molecular complexity index is 2140. The van der Waals surface area contributed by atoms with Gasteiger partial charge in [-0.05, 0) is 73.6 Å². The number of ether oxygens (including phenoxy) is 3. The standard InChI is InChI=1S/C55H88N8O11/c1-16-34(8)47(42(72-14)29-43(64)63-28-20-23-41(63)49(73-15)35(9)50(66)57-36(10)48(65)39-21-18-17-19-22-39)61(12)54(70)45(32(4)5)60-53(69)46(33(6)7)62(13)55(71)74-30-38-24-26-40(27-25-38)59-51(67)37(11)58-52(68)44(56)31(2)3/h17-19,21-22,24-27,31-37,41-42,44-49,65H,16,20,23,28-30,56H2,1-15H3,(H,57,66)(H,58,68)(H,59,67)(H,60,69)/t34-,35+,36+,37-,41-,42+,44-,45-,46-,47-,48+,49+/m0/s1. The van der Waals surface area contributed by atoms with Gasteiger partial charge in [-0.1, -0.05) is 111 Å². The predicted molar refractivity (Wildman–Crippen MR) is 284 cm³/mol. The van der Waals surface area contributed by atoms with E-state index in [1.54, 1.807) is 87.9 Å². The van der Waals surface area contributed by atoms with Gasteiger partial charge in [0.25, 0.3) is 0 Å². The van der Waals surface area contributed by atoms with E-state index in [-0.39, 0.29) is 54.4 Å². The van der Waals surface area contributed by atoms with Gasteiger partial charge in [0.05, 0.1) is 54.8 Å². The number of anilines is 1. The molecule has 1 heterocycles. The number of nitrogens with one attached hydrogen (secondary N) is 4. The molecule has 0 unspecified atom stereocenters. The topological polar surface area (TPSA) is 251 Å². The summed E-state index contributed by atoms with van der Waals surface area (Å²) in [7, 11) is 6.16. The van der Waals surface area contributed by atoms with Crippen molar-refractivity contribution in [2.45, 2.75) is 169 Å². The Kier molecular flexibility index (Phi) is 24.9. The van der Waals surface area contributed by atoms with Gasteiger partial charge in [-0.3, -0.25) is 33.7 Å². The van der Waals surface area contributed by atoms with Crippen LogP contribution in [0.2, 0.25) is 0 Å². The maximum atomic E-state index is 14.7. The molecule has 1 saturated heterocycles. The van der Waals surface area contributed by atoms with Gasteiger partial charge >= 0.3 is 6.09 Å². The van der Waals surface area contributed by atoms with Crippen LogP contribution in [0.15, 0.2) is 54.6 Å². The van der Waals surface area contributed by atoms with Crippen LogP contribution >= 0.6 is 0 Å². The minimum Gasteiger partial charge on any atom is -0.445 e. The molecular formula is C55H88N8O11. The highest BCUT2D eigenvalue weighted by Crippen LogP contribution is 2.30. The summed E-state index contributed by atoms with van der Waals surface area (Å²) in [5, 5.41) is 22.2. The lowest BCUT2D eigenvalue weighted by atomic mass is 9.89. The van der Waals surface area contributed by atoms with Gasteiger partial charge < -0.3 is 56.1 Å². The lowest BCUT2D eigenvalue weighted by Crippen LogP contribution is -2.60. The summed E-state index contributed by atoms with van der Waals surface area (Å²) in [4.78, 5) is 100.0. The largest absolute Gasteiger partial charge is 0.445 e. The molecule has 414 valence electrons. The summed E-state index contributed by atoms with van der Waals surface area (Å²) in [6, 6.07) is 10.5. The molecule has 74 heavy (non-hydrogen) atoms. The van der Waals surface area contributed by atoms with Crippen LogP contribution < -0.4 is 27.0 Å². The van der Waals surface area contributed by atoms with Crippen molar-refractivity contribution in [2.24, 2.45) is 35.3 Å². The second kappa shape index (κ2) is 29.5. The van der Waals surface area contributed by atoms with Crippen LogP contribution in [0.4, 0.5) is 10.5 Å². The molecule has 7 N–H and O–H groups in total. The first-order chi connectivity index (χ1) is 34.8. The zero-order valence-electron chi connectivity index (χ0n) is 46.5. The number of amides is 7. The van der Waals surface area contributed by atoms with Crippen LogP contribution in [0.3, 0.4) is 0 Å². The molecular weight excluding hydrogens is 949 g/mol. The third-order valence-corrected chi connectivity index (χ3v) is 14.4. The van der Waals surface area contributed by atoms with E-state index < -0.39 is 90.3 Å². The second-order valence-electron chi connectivity index (χ2n) is 21.0. The Labute approximate surface area is 439 Å². The number of benzene rings is 2. The number of likely N-dealkylation sites (tertiary alicyclic amines) is 1. The number of hydrogen-bond acceptors (Lipinski definition) is 12. The normalized spacial score (nSPS) is 18.2. The summed E-state index contributed by atoms with van der Waals surface area (Å²) >= 11 is 0. The van der Waals surface area contributed by atoms with Crippen molar-refractivity contribution in [3.63, 3.8) is 0 Å². The fourth-order valence-corrected chi connectivity index (χ4v) is 9.55. The Morgan fingerprint density at radius 3 is 1.92 bits per heavy atom. The Morgan fingerprint density at radius 1 is 0.757 bits per heavy atom. The van der Waals surface area contributed by atoms with Crippen molar-refractivity contribution in [1.29, 1.82) is 0 Å². The quantitative estimate of drug-likeness (QED) is 0.0692. The fraction of sp³-hybridized carbons (Fsp3) is 0.655. The molecule has 19 heteroatoms. The van der Waals surface area contributed by atoms with Gasteiger partial charge in [-0.2, -0.15) is 0 Å². The van der Waals surface area contributed by atoms with Crippen molar-refractivity contribution < 1.29 is 52.9 Å². The lowest BCUT2D eigenvalue weighted by Gasteiger charge is -2.41. The summed E-state index contributed by atoms with van der Waals surface area (Å²) in [6.07, 6.45) is -1.16. The molecule has 7 amide bonds. The van der Waals surface area contributed by atoms with Crippen molar-refractivity contribution in [3.05, 3.63) is 65.7 Å². The van der Waals surface area contributed by atoms with Crippen LogP contribution in [0.25, 0.3) is 0 Å². The summed E-state index contributed by atoms with van der Waals surface area (Å²) < 4.78 is 17.6. The number of carbonyl (C=O) groups excluding carboxylic acids is 7. The minimum atomic E-state index is -1.02. The molecule has 0 saturated carbocycles. The molecule has 1 aliphatic heterocycles. The number of nitrogens with zero attached hydrogens (tertiary/aromatic N) is 3. The van der Waals surface area contributed by atoms with Crippen molar-refractivity contribution >= 4 is 47.2 Å². The number of methoxy groups -OCH3 is 2. The fourth-order valence-electron chi connectivity index (χ4n) is 9.55. The predicted octanol–water partition coefficient (Wildman–Crippen LogP) is 5.01. The van der Waals surface area contributed by atoms with E-state index in [9.17, 15) is 38.7 Å². The van der Waals surface area contributed by atoms with Crippen molar-refractivity contribution in [1.82, 2.24) is 30.7 Å². The van der Waals surface area contributed by atoms with Crippen LogP contribution in [-0.4, -0.2) is 151 Å². The van der Waals surface area contributed by atoms with Gasteiger partial charge in [0.2, 0.25) is 35.4 Å².